The molecule has 0 spiro atoms. The Morgan fingerprint density at radius 2 is 1.87 bits per heavy atom. The predicted octanol–water partition coefficient (Wildman–Crippen LogP) is 7.65. The second-order valence-electron chi connectivity index (χ2n) is 12.5. The van der Waals surface area contributed by atoms with E-state index in [-0.39, 0.29) is 29.4 Å². The lowest BCUT2D eigenvalue weighted by Gasteiger charge is -2.33. The average Bonchev–Trinajstić information content (AvgIpc) is 3.04. The number of carbonyl (C=O) groups is 1. The molecule has 1 aliphatic rings. The number of anilines is 1. The number of hydrogen-bond donors (Lipinski definition) is 1. The minimum Gasteiger partial charge on any atom is -0.388 e. The molecule has 0 saturated carbocycles. The van der Waals surface area contributed by atoms with E-state index in [9.17, 15) is 9.59 Å². The Bertz CT molecular complexity index is 1640. The number of rotatable bonds is 12. The van der Waals surface area contributed by atoms with Crippen LogP contribution in [0.3, 0.4) is 0 Å². The molecule has 1 amide bonds. The van der Waals surface area contributed by atoms with Gasteiger partial charge in [0.15, 0.2) is 0 Å². The first-order chi connectivity index (χ1) is 22.0. The molecule has 3 heterocycles. The Hall–Kier alpha value is -4.04. The maximum atomic E-state index is 15.7. The first kappa shape index (κ1) is 34.8. The van der Waals surface area contributed by atoms with Gasteiger partial charge in [-0.1, -0.05) is 44.4 Å². The number of carbonyl (C=O) groups excluding carboxylic acids is 1. The van der Waals surface area contributed by atoms with Crippen LogP contribution in [0, 0.1) is 19.7 Å². The van der Waals surface area contributed by atoms with Gasteiger partial charge in [-0.25, -0.2) is 4.39 Å². The molecule has 4 rings (SSSR count). The minimum absolute atomic E-state index is 0.115. The second-order valence-corrected chi connectivity index (χ2v) is 12.5. The molecular formula is C38H50FN5O2. The van der Waals surface area contributed by atoms with Gasteiger partial charge in [0.05, 0.1) is 5.69 Å². The van der Waals surface area contributed by atoms with Gasteiger partial charge in [-0.05, 0) is 82.4 Å². The Kier molecular flexibility index (Phi) is 11.7. The lowest BCUT2D eigenvalue weighted by atomic mass is 9.92. The van der Waals surface area contributed by atoms with E-state index >= 15 is 4.39 Å². The molecule has 46 heavy (non-hydrogen) atoms. The van der Waals surface area contributed by atoms with Gasteiger partial charge in [-0.2, -0.15) is 0 Å². The van der Waals surface area contributed by atoms with Gasteiger partial charge < -0.3 is 10.2 Å². The van der Waals surface area contributed by atoms with E-state index in [0.29, 0.717) is 24.1 Å². The standard InChI is InChI=1S/C38H50FN5O2/c1-9-11-32(12-10-2)42(8)38(46)30-21-26(4)37(34(39)23-30)29-14-18-43(19-15-29)28(6)25(3)22-33-27(5)41-17-13-35(33)44-20-16-31(40-7)24-36(44)45/h13-14,16-17,20-24,28,32,40H,9-12,15,18-19H2,1-8H3/b25-22+. The number of pyridine rings is 2. The van der Waals surface area contributed by atoms with E-state index in [1.165, 1.54) is 6.07 Å². The maximum absolute atomic E-state index is 15.7. The fourth-order valence-electron chi connectivity index (χ4n) is 6.53. The highest BCUT2D eigenvalue weighted by Gasteiger charge is 2.25. The zero-order chi connectivity index (χ0) is 33.5. The molecule has 1 atom stereocenters. The van der Waals surface area contributed by atoms with Crippen LogP contribution >= 0.6 is 0 Å². The zero-order valence-electron chi connectivity index (χ0n) is 28.8. The largest absolute Gasteiger partial charge is 0.388 e. The van der Waals surface area contributed by atoms with Gasteiger partial charge in [0.25, 0.3) is 11.5 Å². The molecule has 2 aromatic heterocycles. The van der Waals surface area contributed by atoms with Crippen LogP contribution in [0.4, 0.5) is 10.1 Å². The Morgan fingerprint density at radius 1 is 1.15 bits per heavy atom. The van der Waals surface area contributed by atoms with Crippen molar-refractivity contribution in [1.29, 1.82) is 0 Å². The highest BCUT2D eigenvalue weighted by molar-refractivity contribution is 5.95. The number of nitrogens with one attached hydrogen (secondary N) is 1. The van der Waals surface area contributed by atoms with E-state index in [2.05, 4.69) is 55.0 Å². The molecule has 8 heteroatoms. The van der Waals surface area contributed by atoms with E-state index in [0.717, 1.165) is 71.6 Å². The van der Waals surface area contributed by atoms with Crippen molar-refractivity contribution < 1.29 is 9.18 Å². The van der Waals surface area contributed by atoms with Crippen molar-refractivity contribution in [2.45, 2.75) is 85.7 Å². The monoisotopic (exact) mass is 627 g/mol. The van der Waals surface area contributed by atoms with Crippen molar-refractivity contribution in [1.82, 2.24) is 19.4 Å². The van der Waals surface area contributed by atoms with Crippen LogP contribution in [-0.2, 0) is 0 Å². The predicted molar refractivity (Wildman–Crippen MR) is 188 cm³/mol. The van der Waals surface area contributed by atoms with E-state index < -0.39 is 0 Å². The molecule has 0 saturated heterocycles. The highest BCUT2D eigenvalue weighted by atomic mass is 19.1. The van der Waals surface area contributed by atoms with Crippen molar-refractivity contribution in [3.05, 3.63) is 98.5 Å². The molecular weight excluding hydrogens is 577 g/mol. The summed E-state index contributed by atoms with van der Waals surface area (Å²) in [6.45, 7) is 13.9. The number of amides is 1. The van der Waals surface area contributed by atoms with Crippen LogP contribution in [0.5, 0.6) is 0 Å². The summed E-state index contributed by atoms with van der Waals surface area (Å²) in [6, 6.07) is 8.89. The number of halogens is 1. The zero-order valence-corrected chi connectivity index (χ0v) is 28.8. The van der Waals surface area contributed by atoms with Gasteiger partial charge in [-0.15, -0.1) is 0 Å². The third-order valence-electron chi connectivity index (χ3n) is 9.42. The lowest BCUT2D eigenvalue weighted by Crippen LogP contribution is -2.37. The normalized spacial score (nSPS) is 14.7. The minimum atomic E-state index is -0.333. The first-order valence-corrected chi connectivity index (χ1v) is 16.6. The number of aryl methyl sites for hydroxylation is 2. The van der Waals surface area contributed by atoms with E-state index in [1.807, 2.05) is 39.1 Å². The highest BCUT2D eigenvalue weighted by Crippen LogP contribution is 2.31. The summed E-state index contributed by atoms with van der Waals surface area (Å²) in [5, 5.41) is 3.01. The van der Waals surface area contributed by atoms with Crippen LogP contribution in [-0.4, -0.2) is 64.5 Å². The van der Waals surface area contributed by atoms with Gasteiger partial charge in [0.2, 0.25) is 0 Å². The van der Waals surface area contributed by atoms with Crippen LogP contribution in [0.25, 0.3) is 17.3 Å². The molecule has 0 radical (unpaired) electrons. The van der Waals surface area contributed by atoms with Crippen LogP contribution in [0.2, 0.25) is 0 Å². The number of hydrogen-bond acceptors (Lipinski definition) is 5. The Labute approximate surface area is 273 Å². The van der Waals surface area contributed by atoms with E-state index in [4.69, 9.17) is 0 Å². The third-order valence-corrected chi connectivity index (χ3v) is 9.42. The summed E-state index contributed by atoms with van der Waals surface area (Å²) >= 11 is 0. The lowest BCUT2D eigenvalue weighted by molar-refractivity contribution is 0.0714. The topological polar surface area (TPSA) is 70.5 Å². The Balaban J connectivity index is 1.53. The van der Waals surface area contributed by atoms with Gasteiger partial charge in [0.1, 0.15) is 5.82 Å². The summed E-state index contributed by atoms with van der Waals surface area (Å²) in [7, 11) is 3.63. The van der Waals surface area contributed by atoms with Crippen LogP contribution in [0.15, 0.2) is 59.2 Å². The maximum Gasteiger partial charge on any atom is 0.257 e. The summed E-state index contributed by atoms with van der Waals surface area (Å²) in [5.41, 5.74) is 7.15. The first-order valence-electron chi connectivity index (χ1n) is 16.6. The quantitative estimate of drug-likeness (QED) is 0.223. The molecule has 3 aromatic rings. The van der Waals surface area contributed by atoms with Crippen LogP contribution in [0.1, 0.15) is 92.5 Å². The number of benzene rings is 1. The fraction of sp³-hybridized carbons (Fsp3) is 0.447. The molecule has 0 bridgehead atoms. The molecule has 7 nitrogen and oxygen atoms in total. The third kappa shape index (κ3) is 7.66. The van der Waals surface area contributed by atoms with Crippen molar-refractivity contribution >= 4 is 23.2 Å². The molecule has 1 N–H and O–H groups in total. The summed E-state index contributed by atoms with van der Waals surface area (Å²) in [5.74, 6) is -0.451. The average molecular weight is 628 g/mol. The number of aromatic nitrogens is 2. The van der Waals surface area contributed by atoms with Crippen molar-refractivity contribution in [3.8, 4) is 5.69 Å². The molecule has 0 fully saturated rings. The molecule has 1 aliphatic heterocycles. The molecule has 1 unspecified atom stereocenters. The van der Waals surface area contributed by atoms with Crippen molar-refractivity contribution in [2.75, 3.05) is 32.5 Å². The van der Waals surface area contributed by atoms with Gasteiger partial charge >= 0.3 is 0 Å². The summed E-state index contributed by atoms with van der Waals surface area (Å²) in [6.07, 6.45) is 12.4. The fourth-order valence-corrected chi connectivity index (χ4v) is 6.53. The summed E-state index contributed by atoms with van der Waals surface area (Å²) < 4.78 is 17.3. The van der Waals surface area contributed by atoms with Crippen molar-refractivity contribution in [3.63, 3.8) is 0 Å². The second kappa shape index (κ2) is 15.5. The molecule has 1 aromatic carbocycles. The molecule has 0 aliphatic carbocycles. The summed E-state index contributed by atoms with van der Waals surface area (Å²) in [4.78, 5) is 34.9. The van der Waals surface area contributed by atoms with Crippen molar-refractivity contribution in [2.24, 2.45) is 0 Å². The number of nitrogens with zero attached hydrogens (tertiary/aromatic N) is 4. The van der Waals surface area contributed by atoms with Gasteiger partial charge in [-0.3, -0.25) is 24.0 Å². The Morgan fingerprint density at radius 3 is 2.46 bits per heavy atom. The van der Waals surface area contributed by atoms with E-state index in [1.54, 1.807) is 35.0 Å². The van der Waals surface area contributed by atoms with Gasteiger partial charge in [0, 0.05) is 85.8 Å². The smallest absolute Gasteiger partial charge is 0.257 e. The SMILES string of the molecule is CCCC(CCC)N(C)C(=O)c1cc(C)c(C2=CCN(C(C)/C(C)=C/c3c(-n4ccc(NC)cc4=O)ccnc3C)CC2)c(F)c1. The van der Waals surface area contributed by atoms with Crippen LogP contribution < -0.4 is 10.9 Å². The molecule has 246 valence electrons.